The molecule has 2 saturated heterocycles. The van der Waals surface area contributed by atoms with Gasteiger partial charge < -0.3 is 15.1 Å². The second-order valence-corrected chi connectivity index (χ2v) is 10.5. The third kappa shape index (κ3) is 4.58. The normalized spacial score (nSPS) is 26.3. The fourth-order valence-electron chi connectivity index (χ4n) is 5.76. The highest BCUT2D eigenvalue weighted by Gasteiger charge is 2.41. The van der Waals surface area contributed by atoms with Crippen LogP contribution in [0.5, 0.6) is 0 Å². The smallest absolute Gasteiger partial charge is 0.255 e. The summed E-state index contributed by atoms with van der Waals surface area (Å²) in [4.78, 5) is 27.7. The van der Waals surface area contributed by atoms with Crippen LogP contribution in [0.2, 0.25) is 0 Å². The van der Waals surface area contributed by atoms with Crippen molar-refractivity contribution in [1.82, 2.24) is 15.5 Å². The molecule has 6 heteroatoms. The summed E-state index contributed by atoms with van der Waals surface area (Å²) in [6.07, 6.45) is 8.62. The van der Waals surface area contributed by atoms with E-state index in [1.807, 2.05) is 27.7 Å². The first-order chi connectivity index (χ1) is 14.2. The van der Waals surface area contributed by atoms with Gasteiger partial charge in [-0.05, 0) is 78.6 Å². The Kier molecular flexibility index (Phi) is 5.97. The monoisotopic (exact) mass is 415 g/mol. The average Bonchev–Trinajstić information content (AvgIpc) is 3.09. The molecule has 30 heavy (non-hydrogen) atoms. The molecule has 0 spiro atoms. The zero-order chi connectivity index (χ0) is 21.5. The summed E-state index contributed by atoms with van der Waals surface area (Å²) in [6, 6.07) is 0.916. The van der Waals surface area contributed by atoms with Crippen LogP contribution >= 0.6 is 0 Å². The third-order valence-electron chi connectivity index (χ3n) is 6.95. The third-order valence-corrected chi connectivity index (χ3v) is 6.95. The summed E-state index contributed by atoms with van der Waals surface area (Å²) in [7, 11) is 0. The van der Waals surface area contributed by atoms with Crippen LogP contribution in [0.3, 0.4) is 0 Å². The molecular formula is C24H37N3O3. The van der Waals surface area contributed by atoms with Gasteiger partial charge in [0, 0.05) is 36.2 Å². The van der Waals surface area contributed by atoms with Crippen LogP contribution in [-0.4, -0.2) is 47.4 Å². The molecule has 0 unspecified atom stereocenters. The molecule has 0 radical (unpaired) electrons. The molecule has 3 heterocycles. The van der Waals surface area contributed by atoms with E-state index < -0.39 is 0 Å². The predicted octanol–water partition coefficient (Wildman–Crippen LogP) is 3.35. The highest BCUT2D eigenvalue weighted by atomic mass is 16.3. The lowest BCUT2D eigenvalue weighted by Crippen LogP contribution is -2.52. The zero-order valence-corrected chi connectivity index (χ0v) is 19.0. The van der Waals surface area contributed by atoms with E-state index in [0.717, 1.165) is 74.0 Å². The van der Waals surface area contributed by atoms with Gasteiger partial charge in [0.1, 0.15) is 11.5 Å². The van der Waals surface area contributed by atoms with Crippen molar-refractivity contribution in [2.45, 2.75) is 96.7 Å². The molecule has 0 aromatic carbocycles. The summed E-state index contributed by atoms with van der Waals surface area (Å²) < 4.78 is 5.87. The molecule has 2 amide bonds. The fraction of sp³-hybridized carbons (Fsp3) is 0.750. The Labute approximate surface area is 180 Å². The second-order valence-electron chi connectivity index (χ2n) is 10.5. The first-order valence-corrected chi connectivity index (χ1v) is 11.7. The lowest BCUT2D eigenvalue weighted by Gasteiger charge is -2.39. The Morgan fingerprint density at radius 1 is 1.10 bits per heavy atom. The molecule has 3 atom stereocenters. The highest BCUT2D eigenvalue weighted by Crippen LogP contribution is 2.38. The van der Waals surface area contributed by atoms with E-state index in [-0.39, 0.29) is 17.4 Å². The SMILES string of the molecule is Cc1oc2c(c1C(=O)NC[C@@H]1C[C@H]3CC[C@@H](C1)N3CC(=O)NC(C)(C)C)CCCC2. The maximum absolute atomic E-state index is 12.9. The van der Waals surface area contributed by atoms with E-state index in [4.69, 9.17) is 4.42 Å². The molecule has 1 aromatic heterocycles. The van der Waals surface area contributed by atoms with Crippen molar-refractivity contribution in [2.75, 3.05) is 13.1 Å². The largest absolute Gasteiger partial charge is 0.465 e. The van der Waals surface area contributed by atoms with Crippen LogP contribution in [0.25, 0.3) is 0 Å². The number of nitrogens with zero attached hydrogens (tertiary/aromatic N) is 1. The van der Waals surface area contributed by atoms with Crippen molar-refractivity contribution in [3.05, 3.63) is 22.6 Å². The fourth-order valence-corrected chi connectivity index (χ4v) is 5.76. The van der Waals surface area contributed by atoms with Crippen LogP contribution in [-0.2, 0) is 17.6 Å². The van der Waals surface area contributed by atoms with Crippen molar-refractivity contribution >= 4 is 11.8 Å². The number of nitrogens with one attached hydrogen (secondary N) is 2. The van der Waals surface area contributed by atoms with Gasteiger partial charge in [0.2, 0.25) is 5.91 Å². The number of carbonyl (C=O) groups excluding carboxylic acids is 2. The summed E-state index contributed by atoms with van der Waals surface area (Å²) in [5.74, 6) is 2.41. The number of furan rings is 1. The Morgan fingerprint density at radius 2 is 1.77 bits per heavy atom. The van der Waals surface area contributed by atoms with E-state index in [2.05, 4.69) is 15.5 Å². The molecule has 1 aromatic rings. The minimum atomic E-state index is -0.191. The van der Waals surface area contributed by atoms with Crippen molar-refractivity contribution in [3.63, 3.8) is 0 Å². The highest BCUT2D eigenvalue weighted by molar-refractivity contribution is 5.97. The standard InChI is InChI=1S/C24H37N3O3/c1-15-22(19-7-5-6-8-20(19)30-15)23(29)25-13-16-11-17-9-10-18(12-16)27(17)14-21(28)26-24(2,3)4/h16-18H,5-14H2,1-4H3,(H,25,29)(H,26,28)/t16-,17-,18+. The minimum absolute atomic E-state index is 0.0266. The Morgan fingerprint density at radius 3 is 2.43 bits per heavy atom. The van der Waals surface area contributed by atoms with Crippen molar-refractivity contribution in [1.29, 1.82) is 0 Å². The second kappa shape index (κ2) is 8.37. The number of aryl methyl sites for hydroxylation is 2. The quantitative estimate of drug-likeness (QED) is 0.773. The van der Waals surface area contributed by atoms with Gasteiger partial charge in [0.25, 0.3) is 5.91 Å². The zero-order valence-electron chi connectivity index (χ0n) is 19.0. The number of piperidine rings is 1. The van der Waals surface area contributed by atoms with Crippen LogP contribution in [0.4, 0.5) is 0 Å². The van der Waals surface area contributed by atoms with E-state index >= 15 is 0 Å². The number of amides is 2. The van der Waals surface area contributed by atoms with Crippen LogP contribution in [0, 0.1) is 12.8 Å². The topological polar surface area (TPSA) is 74.6 Å². The first kappa shape index (κ1) is 21.4. The molecule has 166 valence electrons. The van der Waals surface area contributed by atoms with Gasteiger partial charge in [0.15, 0.2) is 0 Å². The summed E-state index contributed by atoms with van der Waals surface area (Å²) in [5, 5.41) is 6.29. The van der Waals surface area contributed by atoms with E-state index in [1.165, 1.54) is 0 Å². The first-order valence-electron chi connectivity index (χ1n) is 11.7. The lowest BCUT2D eigenvalue weighted by atomic mass is 9.90. The number of hydrogen-bond acceptors (Lipinski definition) is 4. The van der Waals surface area contributed by atoms with Gasteiger partial charge >= 0.3 is 0 Å². The van der Waals surface area contributed by atoms with Gasteiger partial charge in [-0.15, -0.1) is 0 Å². The molecule has 2 aliphatic heterocycles. The molecule has 2 N–H and O–H groups in total. The van der Waals surface area contributed by atoms with Crippen LogP contribution in [0.1, 0.15) is 86.7 Å². The van der Waals surface area contributed by atoms with Gasteiger partial charge in [-0.3, -0.25) is 14.5 Å². The van der Waals surface area contributed by atoms with Crippen LogP contribution < -0.4 is 10.6 Å². The predicted molar refractivity (Wildman–Crippen MR) is 117 cm³/mol. The molecule has 3 aliphatic rings. The summed E-state index contributed by atoms with van der Waals surface area (Å²) in [5.41, 5.74) is 1.73. The molecule has 6 nitrogen and oxygen atoms in total. The molecule has 2 bridgehead atoms. The number of carbonyl (C=O) groups is 2. The molecule has 0 saturated carbocycles. The summed E-state index contributed by atoms with van der Waals surface area (Å²) >= 11 is 0. The van der Waals surface area contributed by atoms with Gasteiger partial charge in [-0.2, -0.15) is 0 Å². The molecule has 4 rings (SSSR count). The minimum Gasteiger partial charge on any atom is -0.465 e. The Bertz CT molecular complexity index is 793. The van der Waals surface area contributed by atoms with Crippen LogP contribution in [0.15, 0.2) is 4.42 Å². The van der Waals surface area contributed by atoms with Crippen molar-refractivity contribution < 1.29 is 14.0 Å². The molecule has 1 aliphatic carbocycles. The molecule has 2 fully saturated rings. The van der Waals surface area contributed by atoms with Gasteiger partial charge in [0.05, 0.1) is 12.1 Å². The van der Waals surface area contributed by atoms with E-state index in [1.54, 1.807) is 0 Å². The van der Waals surface area contributed by atoms with E-state index in [9.17, 15) is 9.59 Å². The number of hydrogen-bond donors (Lipinski definition) is 2. The van der Waals surface area contributed by atoms with Crippen molar-refractivity contribution in [3.8, 4) is 0 Å². The summed E-state index contributed by atoms with van der Waals surface area (Å²) in [6.45, 7) is 9.18. The Hall–Kier alpha value is -1.82. The maximum atomic E-state index is 12.9. The van der Waals surface area contributed by atoms with Crippen molar-refractivity contribution in [2.24, 2.45) is 5.92 Å². The van der Waals surface area contributed by atoms with Gasteiger partial charge in [-0.1, -0.05) is 0 Å². The number of rotatable bonds is 5. The lowest BCUT2D eigenvalue weighted by molar-refractivity contribution is -0.125. The number of fused-ring (bicyclic) bond motifs is 3. The van der Waals surface area contributed by atoms with Gasteiger partial charge in [-0.25, -0.2) is 0 Å². The van der Waals surface area contributed by atoms with E-state index in [0.29, 0.717) is 31.1 Å². The maximum Gasteiger partial charge on any atom is 0.255 e. The Balaban J connectivity index is 1.31. The molecular weight excluding hydrogens is 378 g/mol. The average molecular weight is 416 g/mol.